The minimum Gasteiger partial charge on any atom is -0.489 e. The van der Waals surface area contributed by atoms with E-state index in [4.69, 9.17) is 4.74 Å². The number of benzene rings is 2. The van der Waals surface area contributed by atoms with E-state index in [2.05, 4.69) is 36.1 Å². The number of amides is 1. The molecule has 1 aliphatic heterocycles. The molecule has 0 saturated carbocycles. The fourth-order valence-corrected chi connectivity index (χ4v) is 4.52. The van der Waals surface area contributed by atoms with Gasteiger partial charge in [-0.15, -0.1) is 11.3 Å². The molecule has 4 rings (SSSR count). The van der Waals surface area contributed by atoms with Gasteiger partial charge in [0.1, 0.15) is 12.4 Å². The van der Waals surface area contributed by atoms with Crippen LogP contribution in [0.3, 0.4) is 0 Å². The van der Waals surface area contributed by atoms with E-state index in [9.17, 15) is 4.79 Å². The second kappa shape index (κ2) is 9.45. The smallest absolute Gasteiger partial charge is 0.264 e. The van der Waals surface area contributed by atoms with Crippen LogP contribution in [0.25, 0.3) is 0 Å². The first kappa shape index (κ1) is 20.6. The Morgan fingerprint density at radius 1 is 0.967 bits per heavy atom. The third kappa shape index (κ3) is 5.10. The molecule has 3 aromatic rings. The van der Waals surface area contributed by atoms with Crippen LogP contribution in [0.4, 0.5) is 0 Å². The summed E-state index contributed by atoms with van der Waals surface area (Å²) in [5.74, 6) is 1.03. The molecular weight excluding hydrogens is 392 g/mol. The average molecular weight is 421 g/mol. The van der Waals surface area contributed by atoms with Crippen LogP contribution in [-0.2, 0) is 13.2 Å². The van der Waals surface area contributed by atoms with Crippen LogP contribution in [0.1, 0.15) is 31.9 Å². The van der Waals surface area contributed by atoms with E-state index in [1.165, 1.54) is 22.5 Å². The third-order valence-corrected chi connectivity index (χ3v) is 6.51. The molecule has 0 radical (unpaired) electrons. The summed E-state index contributed by atoms with van der Waals surface area (Å²) < 4.78 is 5.91. The van der Waals surface area contributed by atoms with Crippen LogP contribution >= 0.6 is 11.3 Å². The van der Waals surface area contributed by atoms with E-state index in [0.717, 1.165) is 54.5 Å². The Kier molecular flexibility index (Phi) is 6.50. The van der Waals surface area contributed by atoms with E-state index in [0.29, 0.717) is 6.61 Å². The van der Waals surface area contributed by atoms with Crippen molar-refractivity contribution >= 4 is 17.2 Å². The van der Waals surface area contributed by atoms with Gasteiger partial charge >= 0.3 is 0 Å². The summed E-state index contributed by atoms with van der Waals surface area (Å²) in [6.07, 6.45) is 0. The highest BCUT2D eigenvalue weighted by Crippen LogP contribution is 2.22. The number of hydrogen-bond acceptors (Lipinski definition) is 4. The standard InChI is InChI=1S/C25H28N2O2S/c1-19-7-9-21(10-8-19)16-26-11-13-27(14-12-26)25(28)24-15-22(18-30-24)17-29-23-6-4-3-5-20(23)2/h3-10,15,18H,11-14,16-17H2,1-2H3. The van der Waals surface area contributed by atoms with Gasteiger partial charge in [0, 0.05) is 38.3 Å². The van der Waals surface area contributed by atoms with Gasteiger partial charge in [0.05, 0.1) is 4.88 Å². The molecule has 0 aliphatic carbocycles. The van der Waals surface area contributed by atoms with E-state index in [1.807, 2.05) is 47.5 Å². The molecule has 5 heteroatoms. The van der Waals surface area contributed by atoms with Crippen molar-refractivity contribution in [2.45, 2.75) is 27.0 Å². The number of para-hydroxylation sites is 1. The highest BCUT2D eigenvalue weighted by atomic mass is 32.1. The minimum atomic E-state index is 0.136. The van der Waals surface area contributed by atoms with Crippen molar-refractivity contribution in [3.63, 3.8) is 0 Å². The first-order valence-electron chi connectivity index (χ1n) is 10.4. The summed E-state index contributed by atoms with van der Waals surface area (Å²) >= 11 is 1.51. The lowest BCUT2D eigenvalue weighted by molar-refractivity contribution is 0.0633. The van der Waals surface area contributed by atoms with Crippen molar-refractivity contribution in [2.75, 3.05) is 26.2 Å². The van der Waals surface area contributed by atoms with Crippen molar-refractivity contribution in [1.29, 1.82) is 0 Å². The second-order valence-corrected chi connectivity index (χ2v) is 8.84. The Labute approximate surface area is 182 Å². The Balaban J connectivity index is 1.28. The predicted molar refractivity (Wildman–Crippen MR) is 122 cm³/mol. The molecule has 1 aromatic heterocycles. The van der Waals surface area contributed by atoms with Gasteiger partial charge in [-0.05, 0) is 42.5 Å². The zero-order valence-corrected chi connectivity index (χ0v) is 18.5. The van der Waals surface area contributed by atoms with Gasteiger partial charge in [0.25, 0.3) is 5.91 Å². The van der Waals surface area contributed by atoms with Crippen molar-refractivity contribution in [3.8, 4) is 5.75 Å². The highest BCUT2D eigenvalue weighted by molar-refractivity contribution is 7.12. The molecule has 1 aliphatic rings. The summed E-state index contributed by atoms with van der Waals surface area (Å²) in [5, 5.41) is 2.03. The van der Waals surface area contributed by atoms with Crippen molar-refractivity contribution in [1.82, 2.24) is 9.80 Å². The molecule has 2 aromatic carbocycles. The second-order valence-electron chi connectivity index (χ2n) is 7.93. The van der Waals surface area contributed by atoms with Gasteiger partial charge in [0.2, 0.25) is 0 Å². The van der Waals surface area contributed by atoms with E-state index >= 15 is 0 Å². The normalized spacial score (nSPS) is 14.7. The maximum absolute atomic E-state index is 12.9. The molecule has 2 heterocycles. The number of ether oxygens (including phenoxy) is 1. The van der Waals surface area contributed by atoms with Crippen LogP contribution in [0.5, 0.6) is 5.75 Å². The summed E-state index contributed by atoms with van der Waals surface area (Å²) in [6.45, 7) is 8.95. The molecule has 0 atom stereocenters. The Hall–Kier alpha value is -2.63. The van der Waals surface area contributed by atoms with Gasteiger partial charge < -0.3 is 9.64 Å². The van der Waals surface area contributed by atoms with Crippen LogP contribution in [0, 0.1) is 13.8 Å². The Morgan fingerprint density at radius 2 is 1.70 bits per heavy atom. The lowest BCUT2D eigenvalue weighted by Crippen LogP contribution is -2.48. The van der Waals surface area contributed by atoms with Crippen molar-refractivity contribution < 1.29 is 9.53 Å². The summed E-state index contributed by atoms with van der Waals surface area (Å²) in [4.78, 5) is 18.1. The third-order valence-electron chi connectivity index (χ3n) is 5.54. The average Bonchev–Trinajstić information content (AvgIpc) is 3.24. The minimum absolute atomic E-state index is 0.136. The predicted octanol–water partition coefficient (Wildman–Crippen LogP) is 4.90. The SMILES string of the molecule is Cc1ccc(CN2CCN(C(=O)c3cc(COc4ccccc4C)cs3)CC2)cc1. The monoisotopic (exact) mass is 420 g/mol. The Bertz CT molecular complexity index is 988. The fourth-order valence-electron chi connectivity index (χ4n) is 3.66. The van der Waals surface area contributed by atoms with Gasteiger partial charge in [-0.25, -0.2) is 0 Å². The zero-order valence-electron chi connectivity index (χ0n) is 17.6. The molecular formula is C25H28N2O2S. The first-order valence-corrected chi connectivity index (χ1v) is 11.3. The molecule has 0 spiro atoms. The lowest BCUT2D eigenvalue weighted by atomic mass is 10.1. The van der Waals surface area contributed by atoms with E-state index < -0.39 is 0 Å². The van der Waals surface area contributed by atoms with Gasteiger partial charge in [-0.3, -0.25) is 9.69 Å². The number of carbonyl (C=O) groups excluding carboxylic acids is 1. The topological polar surface area (TPSA) is 32.8 Å². The summed E-state index contributed by atoms with van der Waals surface area (Å²) in [5.41, 5.74) is 4.78. The van der Waals surface area contributed by atoms with Gasteiger partial charge in [-0.1, -0.05) is 48.0 Å². The van der Waals surface area contributed by atoms with E-state index in [-0.39, 0.29) is 5.91 Å². The number of piperazine rings is 1. The van der Waals surface area contributed by atoms with Crippen LogP contribution in [-0.4, -0.2) is 41.9 Å². The lowest BCUT2D eigenvalue weighted by Gasteiger charge is -2.34. The van der Waals surface area contributed by atoms with Gasteiger partial charge in [0.15, 0.2) is 0 Å². The van der Waals surface area contributed by atoms with Crippen LogP contribution in [0.15, 0.2) is 60.0 Å². The molecule has 1 fully saturated rings. The number of aryl methyl sites for hydroxylation is 2. The van der Waals surface area contributed by atoms with E-state index in [1.54, 1.807) is 0 Å². The van der Waals surface area contributed by atoms with Crippen LogP contribution in [0.2, 0.25) is 0 Å². The maximum Gasteiger partial charge on any atom is 0.264 e. The number of thiophene rings is 1. The number of rotatable bonds is 6. The molecule has 0 bridgehead atoms. The zero-order chi connectivity index (χ0) is 20.9. The van der Waals surface area contributed by atoms with Crippen molar-refractivity contribution in [3.05, 3.63) is 87.1 Å². The highest BCUT2D eigenvalue weighted by Gasteiger charge is 2.23. The maximum atomic E-state index is 12.9. The van der Waals surface area contributed by atoms with Gasteiger partial charge in [-0.2, -0.15) is 0 Å². The molecule has 1 saturated heterocycles. The number of carbonyl (C=O) groups is 1. The molecule has 0 N–H and O–H groups in total. The molecule has 4 nitrogen and oxygen atoms in total. The molecule has 0 unspecified atom stereocenters. The Morgan fingerprint density at radius 3 is 2.43 bits per heavy atom. The first-order chi connectivity index (χ1) is 14.6. The van der Waals surface area contributed by atoms with Crippen LogP contribution < -0.4 is 4.74 Å². The summed E-state index contributed by atoms with van der Waals surface area (Å²) in [7, 11) is 0. The quantitative estimate of drug-likeness (QED) is 0.568. The molecule has 1 amide bonds. The molecule has 156 valence electrons. The number of hydrogen-bond donors (Lipinski definition) is 0. The van der Waals surface area contributed by atoms with Crippen molar-refractivity contribution in [2.24, 2.45) is 0 Å². The molecule has 30 heavy (non-hydrogen) atoms. The fraction of sp³-hybridized carbons (Fsp3) is 0.320. The largest absolute Gasteiger partial charge is 0.489 e. The summed E-state index contributed by atoms with van der Waals surface area (Å²) in [6, 6.07) is 18.7. The number of nitrogens with zero attached hydrogens (tertiary/aromatic N) is 2.